The van der Waals surface area contributed by atoms with Crippen molar-refractivity contribution in [2.24, 2.45) is 0 Å². The average Bonchev–Trinajstić information content (AvgIpc) is 3.91. The van der Waals surface area contributed by atoms with Gasteiger partial charge in [-0.2, -0.15) is 0 Å². The van der Waals surface area contributed by atoms with E-state index in [1.54, 1.807) is 0 Å². The van der Waals surface area contributed by atoms with Gasteiger partial charge in [0.05, 0.1) is 5.52 Å². The van der Waals surface area contributed by atoms with Crippen LogP contribution in [0.5, 0.6) is 0 Å². The first-order chi connectivity index (χ1) is 32.5. The topological polar surface area (TPSA) is 17.0 Å². The molecule has 0 saturated heterocycles. The van der Waals surface area contributed by atoms with E-state index in [-0.39, 0.29) is 32.5 Å². The van der Waals surface area contributed by atoms with Crippen molar-refractivity contribution in [3.63, 3.8) is 0 Å². The van der Waals surface area contributed by atoms with Gasteiger partial charge in [0.1, 0.15) is 0 Å². The standard InChI is InChI=1S/C65H67BN2S/c1-60(2,3)36-22-24-37(25-23-36)67-49-33-46-44(61(4,5)26-28-63(46,8)9)30-41(49)56-57-54(39-19-14-16-20-43(39)65(57,12)13)55-42-31-45-47(64(10,11)29-27-62(45,6)7)34-50(42)68-51-32-40-38-18-15-17-21-52(38)69-53(40)35-48(51)66-58(56)59(55)68/h14-25,30-35,66-67H,26-29H2,1-13H3. The molecule has 3 aliphatic carbocycles. The van der Waals surface area contributed by atoms with Gasteiger partial charge in [-0.3, -0.25) is 0 Å². The van der Waals surface area contributed by atoms with E-state index in [1.165, 1.54) is 151 Å². The first kappa shape index (κ1) is 43.4. The van der Waals surface area contributed by atoms with Gasteiger partial charge in [0.15, 0.2) is 7.28 Å². The van der Waals surface area contributed by atoms with Crippen LogP contribution in [0.2, 0.25) is 0 Å². The maximum atomic E-state index is 4.17. The molecule has 2 aromatic heterocycles. The van der Waals surface area contributed by atoms with E-state index in [9.17, 15) is 0 Å². The highest BCUT2D eigenvalue weighted by molar-refractivity contribution is 7.26. The molecular formula is C65H67BN2S. The van der Waals surface area contributed by atoms with Crippen LogP contribution in [0.1, 0.15) is 155 Å². The lowest BCUT2D eigenvalue weighted by Gasteiger charge is -2.43. The molecule has 0 atom stereocenters. The fourth-order valence-electron chi connectivity index (χ4n) is 13.9. The molecule has 0 bridgehead atoms. The second kappa shape index (κ2) is 13.8. The normalized spacial score (nSPS) is 18.7. The predicted octanol–water partition coefficient (Wildman–Crippen LogP) is 16.6. The zero-order valence-electron chi connectivity index (χ0n) is 43.3. The number of nitrogens with zero attached hydrogens (tertiary/aromatic N) is 1. The number of anilines is 2. The highest BCUT2D eigenvalue weighted by Crippen LogP contribution is 2.59. The first-order valence-electron chi connectivity index (χ1n) is 25.9. The van der Waals surface area contributed by atoms with Gasteiger partial charge >= 0.3 is 0 Å². The fourth-order valence-corrected chi connectivity index (χ4v) is 15.0. The highest BCUT2D eigenvalue weighted by atomic mass is 32.1. The fraction of sp³-hybridized carbons (Fsp3) is 0.354. The summed E-state index contributed by atoms with van der Waals surface area (Å²) in [7, 11) is 0.865. The minimum atomic E-state index is -0.262. The third kappa shape index (κ3) is 6.03. The number of thiophene rings is 1. The van der Waals surface area contributed by atoms with Crippen molar-refractivity contribution >= 4 is 82.9 Å². The Morgan fingerprint density at radius 3 is 1.84 bits per heavy atom. The summed E-state index contributed by atoms with van der Waals surface area (Å²) in [6.07, 6.45) is 4.70. The number of rotatable bonds is 3. The molecule has 2 nitrogen and oxygen atoms in total. The van der Waals surface area contributed by atoms with Crippen molar-refractivity contribution in [3.05, 3.63) is 148 Å². The maximum Gasteiger partial charge on any atom is 0.198 e. The lowest BCUT2D eigenvalue weighted by atomic mass is 9.56. The van der Waals surface area contributed by atoms with Crippen LogP contribution in [0.25, 0.3) is 69.9 Å². The van der Waals surface area contributed by atoms with Crippen molar-refractivity contribution in [2.45, 2.75) is 148 Å². The summed E-state index contributed by atoms with van der Waals surface area (Å²) in [6, 6.07) is 43.5. The van der Waals surface area contributed by atoms with E-state index < -0.39 is 0 Å². The van der Waals surface area contributed by atoms with Gasteiger partial charge in [0.25, 0.3) is 0 Å². The van der Waals surface area contributed by atoms with Crippen LogP contribution in [0, 0.1) is 0 Å². The summed E-state index contributed by atoms with van der Waals surface area (Å²) in [5.41, 5.74) is 25.2. The molecule has 3 heterocycles. The van der Waals surface area contributed by atoms with E-state index in [0.717, 1.165) is 13.0 Å². The highest BCUT2D eigenvalue weighted by Gasteiger charge is 2.46. The molecule has 0 saturated carbocycles. The average molecular weight is 919 g/mol. The number of nitrogens with one attached hydrogen (secondary N) is 1. The van der Waals surface area contributed by atoms with Crippen LogP contribution in [0.3, 0.4) is 0 Å². The molecule has 9 aromatic rings. The minimum Gasteiger partial charge on any atom is -0.355 e. The maximum absolute atomic E-state index is 4.17. The number of hydrogen-bond acceptors (Lipinski definition) is 2. The Kier molecular flexibility index (Phi) is 8.72. The summed E-state index contributed by atoms with van der Waals surface area (Å²) in [6.45, 7) is 31.9. The van der Waals surface area contributed by atoms with Crippen LogP contribution < -0.4 is 16.2 Å². The van der Waals surface area contributed by atoms with Gasteiger partial charge < -0.3 is 9.88 Å². The molecule has 4 heteroatoms. The van der Waals surface area contributed by atoms with E-state index in [0.29, 0.717) is 0 Å². The third-order valence-electron chi connectivity index (χ3n) is 18.2. The Morgan fingerprint density at radius 1 is 0.551 bits per heavy atom. The third-order valence-corrected chi connectivity index (χ3v) is 19.4. The molecule has 346 valence electrons. The molecule has 1 aliphatic heterocycles. The summed E-state index contributed by atoms with van der Waals surface area (Å²) in [4.78, 5) is 0. The van der Waals surface area contributed by atoms with Crippen LogP contribution >= 0.6 is 11.3 Å². The molecule has 4 aliphatic rings. The minimum absolute atomic E-state index is 0.0302. The second-order valence-electron chi connectivity index (χ2n) is 25.9. The summed E-state index contributed by atoms with van der Waals surface area (Å²) < 4.78 is 5.50. The molecule has 13 rings (SSSR count). The molecule has 0 unspecified atom stereocenters. The molecule has 7 aromatic carbocycles. The lowest BCUT2D eigenvalue weighted by Crippen LogP contribution is -2.39. The number of benzene rings is 7. The summed E-state index contributed by atoms with van der Waals surface area (Å²) >= 11 is 1.95. The molecule has 69 heavy (non-hydrogen) atoms. The smallest absolute Gasteiger partial charge is 0.198 e. The van der Waals surface area contributed by atoms with Crippen molar-refractivity contribution in [1.82, 2.24) is 4.57 Å². The van der Waals surface area contributed by atoms with E-state index in [2.05, 4.69) is 209 Å². The molecule has 0 fully saturated rings. The van der Waals surface area contributed by atoms with Crippen molar-refractivity contribution in [1.29, 1.82) is 0 Å². The second-order valence-corrected chi connectivity index (χ2v) is 27.0. The molecule has 0 amide bonds. The van der Waals surface area contributed by atoms with E-state index in [4.69, 9.17) is 0 Å². The van der Waals surface area contributed by atoms with Crippen LogP contribution in [-0.2, 0) is 32.5 Å². The quantitative estimate of drug-likeness (QED) is 0.175. The number of hydrogen-bond donors (Lipinski definition) is 1. The molecule has 1 N–H and O–H groups in total. The Balaban J connectivity index is 1.23. The van der Waals surface area contributed by atoms with Gasteiger partial charge in [-0.15, -0.1) is 11.3 Å². The zero-order chi connectivity index (χ0) is 48.1. The van der Waals surface area contributed by atoms with Gasteiger partial charge in [0, 0.05) is 64.5 Å². The Bertz CT molecular complexity index is 3730. The van der Waals surface area contributed by atoms with Gasteiger partial charge in [-0.1, -0.05) is 150 Å². The Morgan fingerprint density at radius 2 is 1.16 bits per heavy atom. The predicted molar refractivity (Wildman–Crippen MR) is 302 cm³/mol. The molecule has 0 spiro atoms. The molecular weight excluding hydrogens is 852 g/mol. The largest absolute Gasteiger partial charge is 0.355 e. The van der Waals surface area contributed by atoms with E-state index in [1.807, 2.05) is 11.3 Å². The van der Waals surface area contributed by atoms with Crippen LogP contribution in [0.4, 0.5) is 11.4 Å². The lowest BCUT2D eigenvalue weighted by molar-refractivity contribution is 0.332. The number of fused-ring (bicyclic) bond motifs is 14. The summed E-state index contributed by atoms with van der Waals surface area (Å²) in [5.74, 6) is 0. The molecule has 0 radical (unpaired) electrons. The number of aromatic nitrogens is 1. The summed E-state index contributed by atoms with van der Waals surface area (Å²) in [5, 5.41) is 9.73. The van der Waals surface area contributed by atoms with Gasteiger partial charge in [0.2, 0.25) is 0 Å². The monoisotopic (exact) mass is 919 g/mol. The van der Waals surface area contributed by atoms with Crippen molar-refractivity contribution < 1.29 is 0 Å². The van der Waals surface area contributed by atoms with Crippen LogP contribution in [0.15, 0.2) is 109 Å². The van der Waals surface area contributed by atoms with Crippen LogP contribution in [-0.4, -0.2) is 11.8 Å². The first-order valence-corrected chi connectivity index (χ1v) is 26.7. The van der Waals surface area contributed by atoms with E-state index >= 15 is 0 Å². The Hall–Kier alpha value is -5.58. The van der Waals surface area contributed by atoms with Crippen molar-refractivity contribution in [2.75, 3.05) is 5.32 Å². The van der Waals surface area contributed by atoms with Gasteiger partial charge in [-0.25, -0.2) is 0 Å². The zero-order valence-corrected chi connectivity index (χ0v) is 44.1. The Labute approximate surface area is 414 Å². The SMILES string of the molecule is CC(C)(C)c1ccc(Nc2cc3c(cc2-c2c4c(c5c6cc7c(cc6n6c5c2Bc2cc5sc8ccccc8c5cc2-6)C(C)(C)CCC7(C)C)-c2ccccc2C4(C)C)C(C)(C)CCC3(C)C)cc1. The van der Waals surface area contributed by atoms with Gasteiger partial charge in [-0.05, 0) is 168 Å². The van der Waals surface area contributed by atoms with Crippen molar-refractivity contribution in [3.8, 4) is 27.9 Å².